The molecule has 0 aromatic heterocycles. The van der Waals surface area contributed by atoms with E-state index in [0.717, 1.165) is 0 Å². The van der Waals surface area contributed by atoms with Gasteiger partial charge < -0.3 is 10.1 Å². The van der Waals surface area contributed by atoms with Crippen LogP contribution < -0.4 is 15.5 Å². The Morgan fingerprint density at radius 2 is 1.83 bits per heavy atom. The molecule has 0 fully saturated rings. The molecule has 0 heterocycles. The molecule has 0 aliphatic rings. The van der Waals surface area contributed by atoms with Gasteiger partial charge in [-0.05, 0) is 24.3 Å². The Labute approximate surface area is 148 Å². The highest BCUT2D eigenvalue weighted by Gasteiger charge is 2.15. The maximum atomic E-state index is 11.8. The van der Waals surface area contributed by atoms with Gasteiger partial charge in [-0.1, -0.05) is 41.4 Å². The number of carbonyl (C=O) groups excluding carboxylic acids is 2. The van der Waals surface area contributed by atoms with Gasteiger partial charge in [0.1, 0.15) is 5.75 Å². The first kappa shape index (κ1) is 17.8. The monoisotopic (exact) mass is 365 g/mol. The van der Waals surface area contributed by atoms with Crippen LogP contribution in [-0.4, -0.2) is 25.1 Å². The third-order valence-corrected chi connectivity index (χ3v) is 3.73. The van der Waals surface area contributed by atoms with Crippen molar-refractivity contribution in [3.05, 3.63) is 58.1 Å². The third kappa shape index (κ3) is 4.47. The number of methoxy groups -OCH3 is 1. The van der Waals surface area contributed by atoms with Crippen molar-refractivity contribution in [2.24, 2.45) is 5.10 Å². The number of nitrogens with zero attached hydrogens (tertiary/aromatic N) is 1. The van der Waals surface area contributed by atoms with E-state index in [4.69, 9.17) is 27.9 Å². The van der Waals surface area contributed by atoms with Gasteiger partial charge in [-0.15, -0.1) is 0 Å². The fourth-order valence-corrected chi connectivity index (χ4v) is 2.11. The lowest BCUT2D eigenvalue weighted by molar-refractivity contribution is -0.136. The van der Waals surface area contributed by atoms with Crippen molar-refractivity contribution >= 4 is 46.9 Å². The molecular formula is C16H13Cl2N3O3. The van der Waals surface area contributed by atoms with Crippen LogP contribution in [0.25, 0.3) is 0 Å². The first-order valence-electron chi connectivity index (χ1n) is 6.74. The highest BCUT2D eigenvalue weighted by atomic mass is 35.5. The normalized spacial score (nSPS) is 10.5. The number of halogens is 2. The van der Waals surface area contributed by atoms with Crippen molar-refractivity contribution in [1.29, 1.82) is 0 Å². The van der Waals surface area contributed by atoms with Crippen LogP contribution in [0.1, 0.15) is 5.56 Å². The van der Waals surface area contributed by atoms with Gasteiger partial charge >= 0.3 is 11.8 Å². The maximum absolute atomic E-state index is 11.8. The van der Waals surface area contributed by atoms with E-state index in [-0.39, 0.29) is 15.7 Å². The summed E-state index contributed by atoms with van der Waals surface area (Å²) in [7, 11) is 1.52. The SMILES string of the molecule is COc1ccccc1/C=N\NC(=O)C(=O)Nc1cccc(Cl)c1Cl. The van der Waals surface area contributed by atoms with E-state index in [1.54, 1.807) is 36.4 Å². The Morgan fingerprint density at radius 1 is 1.08 bits per heavy atom. The first-order chi connectivity index (χ1) is 11.5. The molecule has 6 nitrogen and oxygen atoms in total. The molecule has 0 spiro atoms. The summed E-state index contributed by atoms with van der Waals surface area (Å²) in [5.41, 5.74) is 3.01. The number of hydrogen-bond acceptors (Lipinski definition) is 4. The summed E-state index contributed by atoms with van der Waals surface area (Å²) >= 11 is 11.8. The molecule has 0 unspecified atom stereocenters. The van der Waals surface area contributed by atoms with Crippen LogP contribution in [0.2, 0.25) is 10.0 Å². The number of carbonyl (C=O) groups is 2. The minimum absolute atomic E-state index is 0.151. The van der Waals surface area contributed by atoms with Crippen molar-refractivity contribution < 1.29 is 14.3 Å². The number of para-hydroxylation sites is 1. The van der Waals surface area contributed by atoms with E-state index >= 15 is 0 Å². The topological polar surface area (TPSA) is 79.8 Å². The van der Waals surface area contributed by atoms with E-state index in [2.05, 4.69) is 15.8 Å². The van der Waals surface area contributed by atoms with Crippen LogP contribution in [0.4, 0.5) is 5.69 Å². The molecule has 0 radical (unpaired) electrons. The Balaban J connectivity index is 1.98. The van der Waals surface area contributed by atoms with Gasteiger partial charge in [0.05, 0.1) is 29.1 Å². The van der Waals surface area contributed by atoms with E-state index in [0.29, 0.717) is 11.3 Å². The molecule has 2 aromatic rings. The summed E-state index contributed by atoms with van der Waals surface area (Å²) in [4.78, 5) is 23.6. The van der Waals surface area contributed by atoms with Gasteiger partial charge in [-0.2, -0.15) is 5.10 Å². The number of benzene rings is 2. The van der Waals surface area contributed by atoms with Gasteiger partial charge in [0, 0.05) is 5.56 Å². The maximum Gasteiger partial charge on any atom is 0.329 e. The molecule has 0 bridgehead atoms. The molecule has 2 amide bonds. The predicted octanol–water partition coefficient (Wildman–Crippen LogP) is 3.09. The van der Waals surface area contributed by atoms with E-state index in [1.807, 2.05) is 0 Å². The average Bonchev–Trinajstić information content (AvgIpc) is 2.59. The average molecular weight is 366 g/mol. The van der Waals surface area contributed by atoms with E-state index in [1.165, 1.54) is 19.4 Å². The van der Waals surface area contributed by atoms with Crippen LogP contribution in [0.3, 0.4) is 0 Å². The molecule has 0 aliphatic carbocycles. The smallest absolute Gasteiger partial charge is 0.329 e. The third-order valence-electron chi connectivity index (χ3n) is 2.91. The number of hydrazone groups is 1. The molecule has 24 heavy (non-hydrogen) atoms. The summed E-state index contributed by atoms with van der Waals surface area (Å²) in [6.45, 7) is 0. The highest BCUT2D eigenvalue weighted by molar-refractivity contribution is 6.45. The van der Waals surface area contributed by atoms with Crippen LogP contribution in [0, 0.1) is 0 Å². The quantitative estimate of drug-likeness (QED) is 0.496. The van der Waals surface area contributed by atoms with Crippen molar-refractivity contribution in [2.45, 2.75) is 0 Å². The lowest BCUT2D eigenvalue weighted by Crippen LogP contribution is -2.32. The second-order valence-corrected chi connectivity index (χ2v) is 5.28. The number of hydrogen-bond donors (Lipinski definition) is 2. The van der Waals surface area contributed by atoms with E-state index in [9.17, 15) is 9.59 Å². The van der Waals surface area contributed by atoms with Crippen LogP contribution in [0.15, 0.2) is 47.6 Å². The Morgan fingerprint density at radius 3 is 2.58 bits per heavy atom. The number of ether oxygens (including phenoxy) is 1. The van der Waals surface area contributed by atoms with Crippen molar-refractivity contribution in [2.75, 3.05) is 12.4 Å². The Hall–Kier alpha value is -2.57. The minimum Gasteiger partial charge on any atom is -0.496 e. The second kappa shape index (κ2) is 8.33. The van der Waals surface area contributed by atoms with Crippen molar-refractivity contribution in [3.8, 4) is 5.75 Å². The summed E-state index contributed by atoms with van der Waals surface area (Å²) < 4.78 is 5.14. The van der Waals surface area contributed by atoms with Crippen molar-refractivity contribution in [3.63, 3.8) is 0 Å². The predicted molar refractivity (Wildman–Crippen MR) is 93.8 cm³/mol. The molecule has 124 valence electrons. The zero-order valence-corrected chi connectivity index (χ0v) is 14.1. The Bertz CT molecular complexity index is 794. The number of anilines is 1. The zero-order valence-electron chi connectivity index (χ0n) is 12.5. The largest absolute Gasteiger partial charge is 0.496 e. The molecule has 8 heteroatoms. The molecular weight excluding hydrogens is 353 g/mol. The number of amides is 2. The molecule has 2 aromatic carbocycles. The summed E-state index contributed by atoms with van der Waals surface area (Å²) in [6.07, 6.45) is 1.37. The number of rotatable bonds is 4. The zero-order chi connectivity index (χ0) is 17.5. The fraction of sp³-hybridized carbons (Fsp3) is 0.0625. The number of nitrogens with one attached hydrogen (secondary N) is 2. The highest BCUT2D eigenvalue weighted by Crippen LogP contribution is 2.29. The van der Waals surface area contributed by atoms with Crippen LogP contribution in [-0.2, 0) is 9.59 Å². The van der Waals surface area contributed by atoms with Crippen molar-refractivity contribution in [1.82, 2.24) is 5.43 Å². The summed E-state index contributed by atoms with van der Waals surface area (Å²) in [5.74, 6) is -1.28. The minimum atomic E-state index is -0.947. The van der Waals surface area contributed by atoms with E-state index < -0.39 is 11.8 Å². The summed E-state index contributed by atoms with van der Waals surface area (Å²) in [5, 5.41) is 6.50. The van der Waals surface area contributed by atoms with Gasteiger partial charge in [-0.3, -0.25) is 9.59 Å². The molecule has 0 saturated heterocycles. The van der Waals surface area contributed by atoms with Crippen LogP contribution >= 0.6 is 23.2 Å². The first-order valence-corrected chi connectivity index (χ1v) is 7.50. The molecule has 2 N–H and O–H groups in total. The standard InChI is InChI=1S/C16H13Cl2N3O3/c1-24-13-8-3-2-5-10(13)9-19-21-16(23)15(22)20-12-7-4-6-11(17)14(12)18/h2-9H,1H3,(H,20,22)(H,21,23)/b19-9-. The molecule has 2 rings (SSSR count). The molecule has 0 aliphatic heterocycles. The second-order valence-electron chi connectivity index (χ2n) is 4.50. The van der Waals surface area contributed by atoms with Gasteiger partial charge in [-0.25, -0.2) is 5.43 Å². The fourth-order valence-electron chi connectivity index (χ4n) is 1.76. The Kier molecular flexibility index (Phi) is 6.17. The lowest BCUT2D eigenvalue weighted by Gasteiger charge is -2.07. The van der Waals surface area contributed by atoms with Gasteiger partial charge in [0.2, 0.25) is 0 Å². The molecule has 0 atom stereocenters. The van der Waals surface area contributed by atoms with Gasteiger partial charge in [0.25, 0.3) is 0 Å². The summed E-state index contributed by atoms with van der Waals surface area (Å²) in [6, 6.07) is 11.8. The van der Waals surface area contributed by atoms with Gasteiger partial charge in [0.15, 0.2) is 0 Å². The van der Waals surface area contributed by atoms with Crippen LogP contribution in [0.5, 0.6) is 5.75 Å². The lowest BCUT2D eigenvalue weighted by atomic mass is 10.2. The molecule has 0 saturated carbocycles.